The summed E-state index contributed by atoms with van der Waals surface area (Å²) >= 11 is 0. The lowest BCUT2D eigenvalue weighted by molar-refractivity contribution is 0.359. The van der Waals surface area contributed by atoms with Crippen molar-refractivity contribution in [2.75, 3.05) is 6.61 Å². The van der Waals surface area contributed by atoms with Crippen LogP contribution in [0.2, 0.25) is 0 Å². The van der Waals surface area contributed by atoms with E-state index in [0.29, 0.717) is 6.61 Å². The molecule has 0 amide bonds. The molecule has 0 aliphatic rings. The van der Waals surface area contributed by atoms with Gasteiger partial charge in [-0.15, -0.1) is 6.58 Å². The minimum Gasteiger partial charge on any atom is -0.489 e. The molecule has 0 aliphatic heterocycles. The second kappa shape index (κ2) is 5.28. The fourth-order valence-electron chi connectivity index (χ4n) is 1.37. The molecule has 0 spiro atoms. The predicted octanol–water partition coefficient (Wildman–Crippen LogP) is 3.29. The van der Waals surface area contributed by atoms with Gasteiger partial charge in [0.25, 0.3) is 0 Å². The standard InChI is InChI=1S/C13H16O/c1-4-7-12-11(3)8-6-9-13(12)14-10-5-2/h4-6,8-9H,1-2,7,10H2,3H3. The summed E-state index contributed by atoms with van der Waals surface area (Å²) in [6, 6.07) is 6.06. The maximum absolute atomic E-state index is 5.55. The van der Waals surface area contributed by atoms with Gasteiger partial charge in [-0.3, -0.25) is 0 Å². The van der Waals surface area contributed by atoms with Crippen molar-refractivity contribution < 1.29 is 4.74 Å². The number of hydrogen-bond donors (Lipinski definition) is 0. The van der Waals surface area contributed by atoms with E-state index in [2.05, 4.69) is 26.1 Å². The van der Waals surface area contributed by atoms with Crippen LogP contribution in [0.25, 0.3) is 0 Å². The largest absolute Gasteiger partial charge is 0.489 e. The van der Waals surface area contributed by atoms with Crippen LogP contribution < -0.4 is 4.74 Å². The van der Waals surface area contributed by atoms with Crippen LogP contribution in [0.15, 0.2) is 43.5 Å². The van der Waals surface area contributed by atoms with E-state index in [0.717, 1.165) is 12.2 Å². The van der Waals surface area contributed by atoms with Crippen molar-refractivity contribution in [1.29, 1.82) is 0 Å². The maximum Gasteiger partial charge on any atom is 0.123 e. The first-order chi connectivity index (χ1) is 6.79. The quantitative estimate of drug-likeness (QED) is 0.644. The van der Waals surface area contributed by atoms with Crippen LogP contribution in [0.4, 0.5) is 0 Å². The molecule has 0 aromatic heterocycles. The normalized spacial score (nSPS) is 9.50. The van der Waals surface area contributed by atoms with Gasteiger partial charge in [-0.25, -0.2) is 0 Å². The molecule has 0 saturated heterocycles. The molecule has 0 fully saturated rings. The van der Waals surface area contributed by atoms with Crippen LogP contribution in [0.5, 0.6) is 5.75 Å². The lowest BCUT2D eigenvalue weighted by Crippen LogP contribution is -1.98. The fraction of sp³-hybridized carbons (Fsp3) is 0.231. The molecule has 1 aromatic carbocycles. The number of hydrogen-bond acceptors (Lipinski definition) is 1. The van der Waals surface area contributed by atoms with Gasteiger partial charge in [0.1, 0.15) is 12.4 Å². The summed E-state index contributed by atoms with van der Waals surface area (Å²) < 4.78 is 5.55. The van der Waals surface area contributed by atoms with Gasteiger partial charge in [0.05, 0.1) is 0 Å². The smallest absolute Gasteiger partial charge is 0.123 e. The zero-order valence-electron chi connectivity index (χ0n) is 8.62. The Morgan fingerprint density at radius 2 is 2.07 bits per heavy atom. The Kier molecular flexibility index (Phi) is 3.99. The highest BCUT2D eigenvalue weighted by Crippen LogP contribution is 2.22. The number of allylic oxidation sites excluding steroid dienone is 1. The number of aryl methyl sites for hydroxylation is 1. The van der Waals surface area contributed by atoms with Crippen molar-refractivity contribution in [3.63, 3.8) is 0 Å². The van der Waals surface area contributed by atoms with Crippen LogP contribution in [-0.4, -0.2) is 6.61 Å². The first-order valence-electron chi connectivity index (χ1n) is 4.72. The van der Waals surface area contributed by atoms with Crippen molar-refractivity contribution in [2.45, 2.75) is 13.3 Å². The molecule has 0 unspecified atom stereocenters. The van der Waals surface area contributed by atoms with Crippen LogP contribution in [0, 0.1) is 6.92 Å². The van der Waals surface area contributed by atoms with Gasteiger partial charge in [-0.05, 0) is 25.0 Å². The minimum absolute atomic E-state index is 0.549. The molecule has 0 radical (unpaired) electrons. The van der Waals surface area contributed by atoms with E-state index in [-0.39, 0.29) is 0 Å². The Morgan fingerprint density at radius 1 is 1.29 bits per heavy atom. The zero-order chi connectivity index (χ0) is 10.4. The van der Waals surface area contributed by atoms with E-state index in [1.807, 2.05) is 18.2 Å². The van der Waals surface area contributed by atoms with Crippen molar-refractivity contribution in [1.82, 2.24) is 0 Å². The monoisotopic (exact) mass is 188 g/mol. The van der Waals surface area contributed by atoms with E-state index in [1.54, 1.807) is 6.08 Å². The molecule has 1 aromatic rings. The summed E-state index contributed by atoms with van der Waals surface area (Å²) in [5.74, 6) is 0.935. The third-order valence-corrected chi connectivity index (χ3v) is 2.07. The van der Waals surface area contributed by atoms with E-state index < -0.39 is 0 Å². The van der Waals surface area contributed by atoms with Gasteiger partial charge in [0.15, 0.2) is 0 Å². The Morgan fingerprint density at radius 3 is 2.71 bits per heavy atom. The van der Waals surface area contributed by atoms with E-state index in [4.69, 9.17) is 4.74 Å². The van der Waals surface area contributed by atoms with Crippen LogP contribution >= 0.6 is 0 Å². The SMILES string of the molecule is C=CCOc1cccc(C)c1CC=C. The molecule has 0 N–H and O–H groups in total. The molecule has 0 saturated carbocycles. The van der Waals surface area contributed by atoms with Crippen molar-refractivity contribution in [3.05, 3.63) is 54.6 Å². The molecule has 0 aliphatic carbocycles. The summed E-state index contributed by atoms with van der Waals surface area (Å²) in [6.45, 7) is 10.0. The van der Waals surface area contributed by atoms with Gasteiger partial charge >= 0.3 is 0 Å². The lowest BCUT2D eigenvalue weighted by atomic mass is 10.0. The van der Waals surface area contributed by atoms with Gasteiger partial charge in [0.2, 0.25) is 0 Å². The summed E-state index contributed by atoms with van der Waals surface area (Å²) in [6.07, 6.45) is 4.49. The second-order valence-electron chi connectivity index (χ2n) is 3.14. The average Bonchev–Trinajstić information content (AvgIpc) is 2.19. The fourth-order valence-corrected chi connectivity index (χ4v) is 1.37. The van der Waals surface area contributed by atoms with Gasteiger partial charge in [-0.1, -0.05) is 30.9 Å². The predicted molar refractivity (Wildman–Crippen MR) is 60.8 cm³/mol. The van der Waals surface area contributed by atoms with Gasteiger partial charge in [0, 0.05) is 5.56 Å². The molecule has 1 rings (SSSR count). The minimum atomic E-state index is 0.549. The van der Waals surface area contributed by atoms with Crippen LogP contribution in [0.3, 0.4) is 0 Å². The molecule has 0 atom stereocenters. The van der Waals surface area contributed by atoms with Crippen LogP contribution in [-0.2, 0) is 6.42 Å². The summed E-state index contributed by atoms with van der Waals surface area (Å²) in [4.78, 5) is 0. The highest BCUT2D eigenvalue weighted by atomic mass is 16.5. The van der Waals surface area contributed by atoms with Crippen molar-refractivity contribution >= 4 is 0 Å². The first kappa shape index (κ1) is 10.6. The molecule has 14 heavy (non-hydrogen) atoms. The summed E-state index contributed by atoms with van der Waals surface area (Å²) in [7, 11) is 0. The lowest BCUT2D eigenvalue weighted by Gasteiger charge is -2.11. The Hall–Kier alpha value is -1.50. The molecular formula is C13H16O. The molecular weight excluding hydrogens is 172 g/mol. The molecule has 1 heteroatoms. The number of benzene rings is 1. The maximum atomic E-state index is 5.55. The summed E-state index contributed by atoms with van der Waals surface area (Å²) in [5.41, 5.74) is 2.45. The molecule has 1 nitrogen and oxygen atoms in total. The Bertz CT molecular complexity index is 326. The zero-order valence-corrected chi connectivity index (χ0v) is 8.62. The van der Waals surface area contributed by atoms with Crippen molar-refractivity contribution in [2.24, 2.45) is 0 Å². The molecule has 0 heterocycles. The average molecular weight is 188 g/mol. The third kappa shape index (κ3) is 2.49. The highest BCUT2D eigenvalue weighted by Gasteiger charge is 2.03. The molecule has 0 bridgehead atoms. The van der Waals surface area contributed by atoms with E-state index in [1.165, 1.54) is 11.1 Å². The number of ether oxygens (including phenoxy) is 1. The van der Waals surface area contributed by atoms with E-state index in [9.17, 15) is 0 Å². The van der Waals surface area contributed by atoms with Gasteiger partial charge < -0.3 is 4.74 Å². The Balaban J connectivity index is 2.94. The highest BCUT2D eigenvalue weighted by molar-refractivity contribution is 5.40. The van der Waals surface area contributed by atoms with Crippen LogP contribution in [0.1, 0.15) is 11.1 Å². The first-order valence-corrected chi connectivity index (χ1v) is 4.72. The second-order valence-corrected chi connectivity index (χ2v) is 3.14. The Labute approximate surface area is 85.7 Å². The van der Waals surface area contributed by atoms with Crippen molar-refractivity contribution in [3.8, 4) is 5.75 Å². The van der Waals surface area contributed by atoms with Gasteiger partial charge in [-0.2, -0.15) is 0 Å². The topological polar surface area (TPSA) is 9.23 Å². The summed E-state index contributed by atoms with van der Waals surface area (Å²) in [5, 5.41) is 0. The van der Waals surface area contributed by atoms with E-state index >= 15 is 0 Å². The molecule has 74 valence electrons. The third-order valence-electron chi connectivity index (χ3n) is 2.07. The number of rotatable bonds is 5.